The van der Waals surface area contributed by atoms with Crippen molar-refractivity contribution in [3.63, 3.8) is 0 Å². The number of thiazole rings is 1. The maximum atomic E-state index is 4.62. The molecule has 1 heterocycles. The number of rotatable bonds is 1. The smallest absolute Gasteiger partial charge is 0.189 e. The number of hydrogen-bond acceptors (Lipinski definition) is 2. The van der Waals surface area contributed by atoms with E-state index >= 15 is 0 Å². The predicted molar refractivity (Wildman–Crippen MR) is 71.7 cm³/mol. The van der Waals surface area contributed by atoms with Crippen molar-refractivity contribution in [1.29, 1.82) is 0 Å². The first kappa shape index (κ1) is 13.0. The molecule has 0 aliphatic carbocycles. The van der Waals surface area contributed by atoms with Crippen molar-refractivity contribution in [2.45, 2.75) is 13.8 Å². The number of aromatic nitrogens is 1. The Kier molecular flexibility index (Phi) is 4.33. The van der Waals surface area contributed by atoms with Gasteiger partial charge in [0.15, 0.2) is 4.80 Å². The lowest BCUT2D eigenvalue weighted by Gasteiger charge is -2.00. The van der Waals surface area contributed by atoms with Crippen LogP contribution in [-0.2, 0) is 7.05 Å². The van der Waals surface area contributed by atoms with Gasteiger partial charge in [-0.3, -0.25) is 0 Å². The van der Waals surface area contributed by atoms with E-state index in [0.717, 1.165) is 10.5 Å². The quantitative estimate of drug-likeness (QED) is 0.743. The topological polar surface area (TPSA) is 17.3 Å². The summed E-state index contributed by atoms with van der Waals surface area (Å²) in [5.74, 6) is 0. The van der Waals surface area contributed by atoms with Gasteiger partial charge in [-0.2, -0.15) is 0 Å². The van der Waals surface area contributed by atoms with Crippen LogP contribution in [0.4, 0.5) is 5.69 Å². The molecule has 86 valence electrons. The second-order valence-corrected chi connectivity index (χ2v) is 4.57. The molecule has 16 heavy (non-hydrogen) atoms. The van der Waals surface area contributed by atoms with Crippen LogP contribution in [0.5, 0.6) is 0 Å². The van der Waals surface area contributed by atoms with Crippen LogP contribution in [0.2, 0.25) is 0 Å². The van der Waals surface area contributed by atoms with Gasteiger partial charge in [-0.15, -0.1) is 23.7 Å². The first-order valence-corrected chi connectivity index (χ1v) is 5.77. The predicted octanol–water partition coefficient (Wildman–Crippen LogP) is 3.36. The number of halogens is 1. The lowest BCUT2D eigenvalue weighted by molar-refractivity contribution is 0.873. The standard InChI is InChI=1S/C12H14N2S.ClH/c1-9-4-5-11(10(2)8-9)13-12-14(3)6-7-15-12;/h4-8H,1-3H3;1H/b13-12+;. The molecule has 0 aliphatic rings. The molecule has 0 bridgehead atoms. The van der Waals surface area contributed by atoms with E-state index in [2.05, 4.69) is 37.0 Å². The Bertz CT molecular complexity index is 540. The molecule has 0 radical (unpaired) electrons. The summed E-state index contributed by atoms with van der Waals surface area (Å²) in [4.78, 5) is 5.65. The van der Waals surface area contributed by atoms with Crippen molar-refractivity contribution in [1.82, 2.24) is 4.57 Å². The molecular formula is C12H15ClN2S. The Morgan fingerprint density at radius 1 is 1.25 bits per heavy atom. The molecule has 1 aromatic carbocycles. The minimum absolute atomic E-state index is 0. The summed E-state index contributed by atoms with van der Waals surface area (Å²) in [5.41, 5.74) is 3.56. The van der Waals surface area contributed by atoms with Crippen molar-refractivity contribution in [2.75, 3.05) is 0 Å². The first-order chi connectivity index (χ1) is 7.16. The average molecular weight is 255 g/mol. The monoisotopic (exact) mass is 254 g/mol. The number of nitrogens with zero attached hydrogens (tertiary/aromatic N) is 2. The fraction of sp³-hybridized carbons (Fsp3) is 0.250. The minimum atomic E-state index is 0. The van der Waals surface area contributed by atoms with Crippen LogP contribution in [0, 0.1) is 13.8 Å². The van der Waals surface area contributed by atoms with Crippen molar-refractivity contribution in [3.8, 4) is 0 Å². The van der Waals surface area contributed by atoms with Gasteiger partial charge in [0.1, 0.15) is 0 Å². The molecule has 4 heteroatoms. The van der Waals surface area contributed by atoms with Crippen LogP contribution in [0.15, 0.2) is 34.8 Å². The molecule has 2 rings (SSSR count). The fourth-order valence-corrected chi connectivity index (χ4v) is 2.21. The van der Waals surface area contributed by atoms with Gasteiger partial charge in [0.25, 0.3) is 0 Å². The lowest BCUT2D eigenvalue weighted by Crippen LogP contribution is -2.08. The van der Waals surface area contributed by atoms with Crippen molar-refractivity contribution in [3.05, 3.63) is 45.7 Å². The van der Waals surface area contributed by atoms with Gasteiger partial charge in [-0.05, 0) is 25.5 Å². The second-order valence-electron chi connectivity index (χ2n) is 3.70. The zero-order valence-corrected chi connectivity index (χ0v) is 11.2. The van der Waals surface area contributed by atoms with Crippen molar-refractivity contribution >= 4 is 29.4 Å². The first-order valence-electron chi connectivity index (χ1n) is 4.89. The maximum Gasteiger partial charge on any atom is 0.189 e. The van der Waals surface area contributed by atoms with Crippen LogP contribution in [0.1, 0.15) is 11.1 Å². The normalized spacial score (nSPS) is 11.3. The highest BCUT2D eigenvalue weighted by Gasteiger charge is 1.96. The van der Waals surface area contributed by atoms with E-state index in [1.165, 1.54) is 11.1 Å². The molecule has 0 atom stereocenters. The molecule has 0 spiro atoms. The van der Waals surface area contributed by atoms with E-state index in [1.807, 2.05) is 23.2 Å². The molecule has 2 nitrogen and oxygen atoms in total. The molecular weight excluding hydrogens is 240 g/mol. The van der Waals surface area contributed by atoms with Crippen molar-refractivity contribution < 1.29 is 0 Å². The third kappa shape index (κ3) is 2.74. The summed E-state index contributed by atoms with van der Waals surface area (Å²) in [6.45, 7) is 4.20. The average Bonchev–Trinajstić information content (AvgIpc) is 2.57. The van der Waals surface area contributed by atoms with Gasteiger partial charge in [0.05, 0.1) is 5.69 Å². The Hall–Kier alpha value is -1.06. The Morgan fingerprint density at radius 3 is 2.56 bits per heavy atom. The number of aryl methyl sites for hydroxylation is 3. The van der Waals surface area contributed by atoms with Crippen LogP contribution in [-0.4, -0.2) is 4.57 Å². The maximum absolute atomic E-state index is 4.62. The highest BCUT2D eigenvalue weighted by molar-refractivity contribution is 7.07. The number of hydrogen-bond donors (Lipinski definition) is 0. The van der Waals surface area contributed by atoms with Gasteiger partial charge in [-0.25, -0.2) is 4.99 Å². The van der Waals surface area contributed by atoms with Gasteiger partial charge >= 0.3 is 0 Å². The molecule has 0 N–H and O–H groups in total. The summed E-state index contributed by atoms with van der Waals surface area (Å²) in [5, 5.41) is 2.04. The van der Waals surface area contributed by atoms with E-state index in [-0.39, 0.29) is 12.4 Å². The van der Waals surface area contributed by atoms with E-state index in [0.29, 0.717) is 0 Å². The van der Waals surface area contributed by atoms with Gasteiger partial charge in [-0.1, -0.05) is 17.7 Å². The molecule has 0 aliphatic heterocycles. The molecule has 0 saturated heterocycles. The van der Waals surface area contributed by atoms with Gasteiger partial charge in [0.2, 0.25) is 0 Å². The van der Waals surface area contributed by atoms with E-state index in [4.69, 9.17) is 0 Å². The van der Waals surface area contributed by atoms with Crippen molar-refractivity contribution in [2.24, 2.45) is 12.0 Å². The van der Waals surface area contributed by atoms with E-state index < -0.39 is 0 Å². The Morgan fingerprint density at radius 2 is 2.00 bits per heavy atom. The lowest BCUT2D eigenvalue weighted by atomic mass is 10.1. The van der Waals surface area contributed by atoms with E-state index in [9.17, 15) is 0 Å². The van der Waals surface area contributed by atoms with Crippen LogP contribution in [0.3, 0.4) is 0 Å². The summed E-state index contributed by atoms with van der Waals surface area (Å²) in [6, 6.07) is 6.33. The fourth-order valence-electron chi connectivity index (χ4n) is 1.47. The molecule has 1 aromatic heterocycles. The highest BCUT2D eigenvalue weighted by atomic mass is 35.5. The summed E-state index contributed by atoms with van der Waals surface area (Å²) in [6.07, 6.45) is 2.02. The van der Waals surface area contributed by atoms with E-state index in [1.54, 1.807) is 11.3 Å². The SMILES string of the molecule is Cc1ccc(/N=c2/sccn2C)c(C)c1.Cl. The van der Waals surface area contributed by atoms with Gasteiger partial charge < -0.3 is 4.57 Å². The number of benzene rings is 1. The van der Waals surface area contributed by atoms with Crippen LogP contribution < -0.4 is 4.80 Å². The Balaban J connectivity index is 0.00000128. The highest BCUT2D eigenvalue weighted by Crippen LogP contribution is 2.18. The third-order valence-electron chi connectivity index (χ3n) is 2.33. The van der Waals surface area contributed by atoms with Crippen LogP contribution >= 0.6 is 23.7 Å². The summed E-state index contributed by atoms with van der Waals surface area (Å²) in [7, 11) is 2.01. The zero-order chi connectivity index (χ0) is 10.8. The molecule has 0 fully saturated rings. The summed E-state index contributed by atoms with van der Waals surface area (Å²) < 4.78 is 2.03. The Labute approximate surface area is 106 Å². The van der Waals surface area contributed by atoms with Gasteiger partial charge in [0, 0.05) is 18.6 Å². The minimum Gasteiger partial charge on any atom is -0.327 e. The third-order valence-corrected chi connectivity index (χ3v) is 3.18. The zero-order valence-electron chi connectivity index (χ0n) is 9.60. The largest absolute Gasteiger partial charge is 0.327 e. The van der Waals surface area contributed by atoms with Crippen LogP contribution in [0.25, 0.3) is 0 Å². The summed E-state index contributed by atoms with van der Waals surface area (Å²) >= 11 is 1.65. The molecule has 0 amide bonds. The molecule has 0 saturated carbocycles. The molecule has 2 aromatic rings. The second kappa shape index (κ2) is 5.32. The molecule has 0 unspecified atom stereocenters.